The molecule has 20 heavy (non-hydrogen) atoms. The number of halogens is 3. The Balaban J connectivity index is 2.03. The number of hydrogen-bond donors (Lipinski definition) is 1. The van der Waals surface area contributed by atoms with E-state index in [0.717, 1.165) is 4.47 Å². The first-order chi connectivity index (χ1) is 9.56. The quantitative estimate of drug-likeness (QED) is 0.839. The number of fused-ring (bicyclic) bond motifs is 1. The summed E-state index contributed by atoms with van der Waals surface area (Å²) >= 11 is 3.31. The Labute approximate surface area is 123 Å². The molecule has 0 aromatic heterocycles. The van der Waals surface area contributed by atoms with Gasteiger partial charge in [-0.3, -0.25) is 0 Å². The van der Waals surface area contributed by atoms with Crippen molar-refractivity contribution in [3.63, 3.8) is 0 Å². The predicted molar refractivity (Wildman–Crippen MR) is 73.4 cm³/mol. The number of ether oxygens (including phenoxy) is 1. The second-order valence-electron chi connectivity index (χ2n) is 4.68. The zero-order valence-electron chi connectivity index (χ0n) is 10.3. The van der Waals surface area contributed by atoms with Crippen LogP contribution < -0.4 is 4.74 Å². The zero-order valence-corrected chi connectivity index (χ0v) is 11.9. The van der Waals surface area contributed by atoms with Gasteiger partial charge in [0.25, 0.3) is 0 Å². The van der Waals surface area contributed by atoms with Crippen LogP contribution >= 0.6 is 15.9 Å². The van der Waals surface area contributed by atoms with Gasteiger partial charge in [-0.05, 0) is 24.3 Å². The number of aliphatic hydroxyl groups excluding tert-OH is 1. The van der Waals surface area contributed by atoms with Gasteiger partial charge < -0.3 is 9.84 Å². The van der Waals surface area contributed by atoms with E-state index >= 15 is 0 Å². The van der Waals surface area contributed by atoms with Crippen LogP contribution in [0.25, 0.3) is 0 Å². The van der Waals surface area contributed by atoms with Crippen LogP contribution in [0, 0.1) is 11.6 Å². The molecule has 0 saturated heterocycles. The fourth-order valence-electron chi connectivity index (χ4n) is 2.41. The lowest BCUT2D eigenvalue weighted by Gasteiger charge is -2.30. The van der Waals surface area contributed by atoms with E-state index in [9.17, 15) is 13.9 Å². The van der Waals surface area contributed by atoms with Crippen molar-refractivity contribution in [2.45, 2.75) is 18.6 Å². The van der Waals surface area contributed by atoms with Crippen molar-refractivity contribution in [1.29, 1.82) is 0 Å². The summed E-state index contributed by atoms with van der Waals surface area (Å²) in [6, 6.07) is 8.88. The van der Waals surface area contributed by atoms with E-state index in [2.05, 4.69) is 15.9 Å². The van der Waals surface area contributed by atoms with Crippen LogP contribution in [-0.4, -0.2) is 5.11 Å². The summed E-state index contributed by atoms with van der Waals surface area (Å²) < 4.78 is 34.0. The summed E-state index contributed by atoms with van der Waals surface area (Å²) in [6.07, 6.45) is -1.53. The Morgan fingerprint density at radius 1 is 1.15 bits per heavy atom. The number of aliphatic hydroxyl groups is 1. The minimum atomic E-state index is -0.840. The Kier molecular flexibility index (Phi) is 3.48. The predicted octanol–water partition coefficient (Wildman–Crippen LogP) is 4.28. The molecule has 0 amide bonds. The molecule has 104 valence electrons. The van der Waals surface area contributed by atoms with Crippen molar-refractivity contribution in [2.75, 3.05) is 0 Å². The molecule has 1 aliphatic rings. The van der Waals surface area contributed by atoms with E-state index in [1.165, 1.54) is 18.2 Å². The van der Waals surface area contributed by atoms with Gasteiger partial charge in [-0.1, -0.05) is 28.1 Å². The summed E-state index contributed by atoms with van der Waals surface area (Å²) in [6.45, 7) is 0. The molecule has 0 fully saturated rings. The van der Waals surface area contributed by atoms with Gasteiger partial charge in [0, 0.05) is 16.5 Å². The van der Waals surface area contributed by atoms with Gasteiger partial charge in [0.1, 0.15) is 23.5 Å². The van der Waals surface area contributed by atoms with Crippen molar-refractivity contribution in [2.24, 2.45) is 0 Å². The van der Waals surface area contributed by atoms with Gasteiger partial charge >= 0.3 is 0 Å². The van der Waals surface area contributed by atoms with E-state index in [0.29, 0.717) is 11.3 Å². The average molecular weight is 341 g/mol. The first-order valence-electron chi connectivity index (χ1n) is 6.14. The van der Waals surface area contributed by atoms with E-state index in [4.69, 9.17) is 4.74 Å². The molecule has 2 atom stereocenters. The van der Waals surface area contributed by atoms with Crippen molar-refractivity contribution < 1.29 is 18.6 Å². The first-order valence-corrected chi connectivity index (χ1v) is 6.93. The molecule has 1 heterocycles. The molecule has 0 saturated carbocycles. The molecule has 2 aromatic carbocycles. The maximum Gasteiger partial charge on any atom is 0.133 e. The smallest absolute Gasteiger partial charge is 0.133 e. The largest absolute Gasteiger partial charge is 0.485 e. The van der Waals surface area contributed by atoms with Crippen LogP contribution in [0.2, 0.25) is 0 Å². The third-order valence-electron chi connectivity index (χ3n) is 3.36. The SMILES string of the molecule is O[C@@H]1CC(c2c(F)cccc2F)Oc2cc(Br)ccc21. The maximum atomic E-state index is 13.8. The molecule has 1 aliphatic heterocycles. The molecular weight excluding hydrogens is 330 g/mol. The number of benzene rings is 2. The summed E-state index contributed by atoms with van der Waals surface area (Å²) in [5.41, 5.74) is 0.485. The lowest BCUT2D eigenvalue weighted by atomic mass is 9.94. The molecule has 0 spiro atoms. The zero-order chi connectivity index (χ0) is 14.3. The van der Waals surface area contributed by atoms with Crippen LogP contribution in [0.1, 0.15) is 29.8 Å². The molecule has 0 aliphatic carbocycles. The van der Waals surface area contributed by atoms with Gasteiger partial charge in [-0.2, -0.15) is 0 Å². The van der Waals surface area contributed by atoms with Gasteiger partial charge in [0.15, 0.2) is 0 Å². The normalized spacial score (nSPS) is 21.2. The van der Waals surface area contributed by atoms with Gasteiger partial charge in [0.05, 0.1) is 11.7 Å². The third-order valence-corrected chi connectivity index (χ3v) is 3.86. The minimum absolute atomic E-state index is 0.118. The van der Waals surface area contributed by atoms with E-state index in [1.807, 2.05) is 0 Å². The van der Waals surface area contributed by atoms with Crippen LogP contribution in [0.5, 0.6) is 5.75 Å². The molecule has 3 rings (SSSR count). The molecule has 1 unspecified atom stereocenters. The summed E-state index contributed by atoms with van der Waals surface area (Å²) in [5.74, 6) is -0.896. The first kappa shape index (κ1) is 13.5. The Morgan fingerprint density at radius 3 is 2.55 bits per heavy atom. The van der Waals surface area contributed by atoms with E-state index < -0.39 is 23.8 Å². The number of hydrogen-bond acceptors (Lipinski definition) is 2. The van der Waals surface area contributed by atoms with Crippen LogP contribution in [0.3, 0.4) is 0 Å². The van der Waals surface area contributed by atoms with Crippen LogP contribution in [0.4, 0.5) is 8.78 Å². The molecular formula is C15H11BrF2O2. The van der Waals surface area contributed by atoms with Gasteiger partial charge in [-0.25, -0.2) is 8.78 Å². The fraction of sp³-hybridized carbons (Fsp3) is 0.200. The van der Waals surface area contributed by atoms with Crippen molar-refractivity contribution >= 4 is 15.9 Å². The average Bonchev–Trinajstić information content (AvgIpc) is 2.38. The van der Waals surface area contributed by atoms with Gasteiger partial charge in [0.2, 0.25) is 0 Å². The van der Waals surface area contributed by atoms with Gasteiger partial charge in [-0.15, -0.1) is 0 Å². The molecule has 0 bridgehead atoms. The second-order valence-corrected chi connectivity index (χ2v) is 5.59. The third kappa shape index (κ3) is 2.31. The summed E-state index contributed by atoms with van der Waals surface area (Å²) in [4.78, 5) is 0. The lowest BCUT2D eigenvalue weighted by molar-refractivity contribution is 0.0621. The second kappa shape index (κ2) is 5.14. The highest BCUT2D eigenvalue weighted by Crippen LogP contribution is 2.42. The number of rotatable bonds is 1. The summed E-state index contributed by atoms with van der Waals surface area (Å²) in [5, 5.41) is 10.1. The van der Waals surface area contributed by atoms with E-state index in [-0.39, 0.29) is 12.0 Å². The standard InChI is InChI=1S/C15H11BrF2O2/c16-8-4-5-9-12(19)7-14(20-13(9)6-8)15-10(17)2-1-3-11(15)18/h1-6,12,14,19H,7H2/t12-,14?/m1/s1. The molecule has 2 nitrogen and oxygen atoms in total. The highest BCUT2D eigenvalue weighted by atomic mass is 79.9. The summed E-state index contributed by atoms with van der Waals surface area (Å²) in [7, 11) is 0. The highest BCUT2D eigenvalue weighted by molar-refractivity contribution is 9.10. The van der Waals surface area contributed by atoms with Crippen molar-refractivity contribution in [3.05, 3.63) is 63.6 Å². The van der Waals surface area contributed by atoms with Crippen LogP contribution in [0.15, 0.2) is 40.9 Å². The van der Waals surface area contributed by atoms with Crippen molar-refractivity contribution in [1.82, 2.24) is 0 Å². The van der Waals surface area contributed by atoms with Crippen LogP contribution in [-0.2, 0) is 0 Å². The fourth-order valence-corrected chi connectivity index (χ4v) is 2.75. The van der Waals surface area contributed by atoms with Crippen molar-refractivity contribution in [3.8, 4) is 5.75 Å². The Hall–Kier alpha value is -1.46. The Bertz CT molecular complexity index is 640. The topological polar surface area (TPSA) is 29.5 Å². The Morgan fingerprint density at radius 2 is 1.85 bits per heavy atom. The monoisotopic (exact) mass is 340 g/mol. The molecule has 5 heteroatoms. The maximum absolute atomic E-state index is 13.8. The minimum Gasteiger partial charge on any atom is -0.485 e. The lowest BCUT2D eigenvalue weighted by Crippen LogP contribution is -2.21. The van der Waals surface area contributed by atoms with E-state index in [1.54, 1.807) is 18.2 Å². The highest BCUT2D eigenvalue weighted by Gasteiger charge is 2.31. The molecule has 1 N–H and O–H groups in total. The molecule has 2 aromatic rings. The molecule has 0 radical (unpaired) electrons.